The van der Waals surface area contributed by atoms with Crippen LogP contribution in [-0.4, -0.2) is 48.8 Å². The van der Waals surface area contributed by atoms with Crippen molar-refractivity contribution in [2.45, 2.75) is 57.5 Å². The molecular weight excluding hydrogens is 312 g/mol. The average molecular weight is 338 g/mol. The predicted octanol–water partition coefficient (Wildman–Crippen LogP) is -0.808. The van der Waals surface area contributed by atoms with Crippen LogP contribution in [0.1, 0.15) is 45.4 Å². The van der Waals surface area contributed by atoms with Crippen molar-refractivity contribution in [2.24, 2.45) is 5.92 Å². The molecule has 2 rings (SSSR count). The first kappa shape index (κ1) is 18.2. The largest absolute Gasteiger partial charge is 0.354 e. The lowest BCUT2D eigenvalue weighted by Crippen LogP contribution is -2.43. The average Bonchev–Trinajstić information content (AvgIpc) is 3.17. The Kier molecular flexibility index (Phi) is 6.57. The number of carbonyl (C=O) groups excluding carboxylic acids is 4. The van der Waals surface area contributed by atoms with Crippen molar-refractivity contribution >= 4 is 23.6 Å². The van der Waals surface area contributed by atoms with Crippen molar-refractivity contribution in [2.75, 3.05) is 13.1 Å². The topological polar surface area (TPSA) is 116 Å². The molecule has 2 heterocycles. The molecule has 8 heteroatoms. The van der Waals surface area contributed by atoms with Gasteiger partial charge in [0.25, 0.3) is 0 Å². The van der Waals surface area contributed by atoms with Crippen molar-refractivity contribution in [3.63, 3.8) is 0 Å². The number of amides is 4. The zero-order valence-electron chi connectivity index (χ0n) is 14.0. The maximum atomic E-state index is 11.9. The van der Waals surface area contributed by atoms with Gasteiger partial charge in [0.15, 0.2) is 0 Å². The molecule has 0 aromatic carbocycles. The molecule has 0 aromatic rings. The molecule has 134 valence electrons. The number of carbonyl (C=O) groups is 4. The summed E-state index contributed by atoms with van der Waals surface area (Å²) < 4.78 is 0. The number of hydrogen-bond donors (Lipinski definition) is 4. The van der Waals surface area contributed by atoms with Gasteiger partial charge < -0.3 is 21.3 Å². The molecule has 0 radical (unpaired) electrons. The Bertz CT molecular complexity index is 508. The Morgan fingerprint density at radius 2 is 1.58 bits per heavy atom. The normalized spacial score (nSPS) is 24.2. The molecule has 0 spiro atoms. The Labute approximate surface area is 141 Å². The number of nitrogens with one attached hydrogen (secondary N) is 4. The summed E-state index contributed by atoms with van der Waals surface area (Å²) in [6.07, 6.45) is 3.62. The van der Waals surface area contributed by atoms with Crippen molar-refractivity contribution in [1.82, 2.24) is 21.3 Å². The molecular formula is C16H26N4O4. The van der Waals surface area contributed by atoms with E-state index in [2.05, 4.69) is 21.3 Å². The summed E-state index contributed by atoms with van der Waals surface area (Å²) in [4.78, 5) is 45.8. The highest BCUT2D eigenvalue weighted by molar-refractivity contribution is 5.91. The van der Waals surface area contributed by atoms with E-state index in [0.717, 1.165) is 12.8 Å². The second-order valence-electron chi connectivity index (χ2n) is 6.60. The molecule has 0 aliphatic carbocycles. The van der Waals surface area contributed by atoms with E-state index in [1.54, 1.807) is 0 Å². The lowest BCUT2D eigenvalue weighted by atomic mass is 10.1. The highest BCUT2D eigenvalue weighted by Gasteiger charge is 2.27. The molecule has 4 N–H and O–H groups in total. The Balaban J connectivity index is 1.52. The van der Waals surface area contributed by atoms with Crippen molar-refractivity contribution < 1.29 is 19.2 Å². The van der Waals surface area contributed by atoms with E-state index in [0.29, 0.717) is 38.8 Å². The van der Waals surface area contributed by atoms with Crippen LogP contribution < -0.4 is 21.3 Å². The van der Waals surface area contributed by atoms with Crippen molar-refractivity contribution in [3.8, 4) is 0 Å². The first-order valence-electron chi connectivity index (χ1n) is 8.60. The second kappa shape index (κ2) is 8.65. The zero-order valence-corrected chi connectivity index (χ0v) is 14.0. The molecule has 2 aliphatic rings. The highest BCUT2D eigenvalue weighted by atomic mass is 16.2. The van der Waals surface area contributed by atoms with Gasteiger partial charge in [0.1, 0.15) is 12.1 Å². The van der Waals surface area contributed by atoms with Gasteiger partial charge in [-0.15, -0.1) is 0 Å². The van der Waals surface area contributed by atoms with E-state index in [4.69, 9.17) is 0 Å². The van der Waals surface area contributed by atoms with Gasteiger partial charge in [-0.3, -0.25) is 19.2 Å². The van der Waals surface area contributed by atoms with Gasteiger partial charge in [0.2, 0.25) is 23.6 Å². The highest BCUT2D eigenvalue weighted by Crippen LogP contribution is 2.09. The molecule has 3 atom stereocenters. The Hall–Kier alpha value is -2.12. The summed E-state index contributed by atoms with van der Waals surface area (Å²) in [6, 6.07) is -0.790. The molecule has 0 bridgehead atoms. The first-order chi connectivity index (χ1) is 11.5. The van der Waals surface area contributed by atoms with Crippen LogP contribution >= 0.6 is 0 Å². The van der Waals surface area contributed by atoms with E-state index >= 15 is 0 Å². The number of rotatable bonds is 8. The summed E-state index contributed by atoms with van der Waals surface area (Å²) >= 11 is 0. The van der Waals surface area contributed by atoms with E-state index in [1.165, 1.54) is 0 Å². The molecule has 4 amide bonds. The zero-order chi connectivity index (χ0) is 17.5. The van der Waals surface area contributed by atoms with Crippen molar-refractivity contribution in [1.29, 1.82) is 0 Å². The molecule has 2 fully saturated rings. The molecule has 2 saturated heterocycles. The summed E-state index contributed by atoms with van der Waals surface area (Å²) in [7, 11) is 0. The summed E-state index contributed by atoms with van der Waals surface area (Å²) in [5, 5.41) is 11.0. The third-order valence-electron chi connectivity index (χ3n) is 4.42. The maximum absolute atomic E-state index is 11.9. The Morgan fingerprint density at radius 3 is 2.08 bits per heavy atom. The van der Waals surface area contributed by atoms with Gasteiger partial charge in [-0.1, -0.05) is 6.92 Å². The smallest absolute Gasteiger partial charge is 0.242 e. The summed E-state index contributed by atoms with van der Waals surface area (Å²) in [5.74, 6) is -0.110. The van der Waals surface area contributed by atoms with Crippen LogP contribution in [0.3, 0.4) is 0 Å². The van der Waals surface area contributed by atoms with Gasteiger partial charge in [0, 0.05) is 25.9 Å². The fraction of sp³-hybridized carbons (Fsp3) is 0.750. The minimum absolute atomic E-state index is 0.0713. The van der Waals surface area contributed by atoms with Crippen LogP contribution in [0.4, 0.5) is 0 Å². The fourth-order valence-electron chi connectivity index (χ4n) is 2.91. The van der Waals surface area contributed by atoms with E-state index in [9.17, 15) is 19.2 Å². The summed E-state index contributed by atoms with van der Waals surface area (Å²) in [5.41, 5.74) is 0. The van der Waals surface area contributed by atoms with Crippen LogP contribution in [0.2, 0.25) is 0 Å². The maximum Gasteiger partial charge on any atom is 0.242 e. The third-order valence-corrected chi connectivity index (χ3v) is 4.42. The van der Waals surface area contributed by atoms with Crippen LogP contribution in [-0.2, 0) is 19.2 Å². The Morgan fingerprint density at radius 1 is 1.04 bits per heavy atom. The number of hydrogen-bond acceptors (Lipinski definition) is 4. The van der Waals surface area contributed by atoms with Crippen LogP contribution in [0.15, 0.2) is 0 Å². The van der Waals surface area contributed by atoms with Gasteiger partial charge in [-0.05, 0) is 31.6 Å². The monoisotopic (exact) mass is 338 g/mol. The van der Waals surface area contributed by atoms with E-state index in [-0.39, 0.29) is 29.5 Å². The quantitative estimate of drug-likeness (QED) is 0.433. The van der Waals surface area contributed by atoms with E-state index in [1.807, 2.05) is 6.92 Å². The van der Waals surface area contributed by atoms with Crippen LogP contribution in [0.5, 0.6) is 0 Å². The molecule has 3 unspecified atom stereocenters. The van der Waals surface area contributed by atoms with Gasteiger partial charge >= 0.3 is 0 Å². The fourth-order valence-corrected chi connectivity index (χ4v) is 2.91. The lowest BCUT2D eigenvalue weighted by molar-refractivity contribution is -0.125. The lowest BCUT2D eigenvalue weighted by Gasteiger charge is -2.16. The third kappa shape index (κ3) is 5.50. The first-order valence-corrected chi connectivity index (χ1v) is 8.60. The summed E-state index contributed by atoms with van der Waals surface area (Å²) in [6.45, 7) is 3.15. The molecule has 0 saturated carbocycles. The van der Waals surface area contributed by atoms with Crippen molar-refractivity contribution in [3.05, 3.63) is 0 Å². The minimum Gasteiger partial charge on any atom is -0.354 e. The molecule has 8 nitrogen and oxygen atoms in total. The minimum atomic E-state index is -0.398. The van der Waals surface area contributed by atoms with Gasteiger partial charge in [-0.25, -0.2) is 0 Å². The molecule has 24 heavy (non-hydrogen) atoms. The predicted molar refractivity (Wildman–Crippen MR) is 86.7 cm³/mol. The SMILES string of the molecule is CC(CCCNC(=O)C1CCC(=O)N1)CNC(=O)C1CCC(=O)N1. The van der Waals surface area contributed by atoms with Gasteiger partial charge in [0.05, 0.1) is 0 Å². The second-order valence-corrected chi connectivity index (χ2v) is 6.60. The van der Waals surface area contributed by atoms with Gasteiger partial charge in [-0.2, -0.15) is 0 Å². The standard InChI is InChI=1S/C16H26N4O4/c1-10(9-18-16(24)12-5-7-14(22)20-12)3-2-8-17-15(23)11-4-6-13(21)19-11/h10-12H,2-9H2,1H3,(H,17,23)(H,18,24)(H,19,21)(H,20,22). The molecule has 0 aromatic heterocycles. The van der Waals surface area contributed by atoms with Crippen LogP contribution in [0, 0.1) is 5.92 Å². The van der Waals surface area contributed by atoms with E-state index < -0.39 is 12.1 Å². The molecule has 2 aliphatic heterocycles. The van der Waals surface area contributed by atoms with Crippen LogP contribution in [0.25, 0.3) is 0 Å².